The molecule has 1 aliphatic rings. The van der Waals surface area contributed by atoms with Crippen molar-refractivity contribution in [2.45, 2.75) is 72.7 Å². The number of esters is 2. The summed E-state index contributed by atoms with van der Waals surface area (Å²) in [7, 11) is 0. The molecule has 3 rings (SSSR count). The topological polar surface area (TPSA) is 114 Å². The molecule has 2 aromatic carbocycles. The summed E-state index contributed by atoms with van der Waals surface area (Å²) in [5.74, 6) is -0.128. The van der Waals surface area contributed by atoms with Crippen LogP contribution in [0.4, 0.5) is 0 Å². The van der Waals surface area contributed by atoms with E-state index in [0.29, 0.717) is 11.5 Å². The summed E-state index contributed by atoms with van der Waals surface area (Å²) in [5.41, 5.74) is 0.740. The van der Waals surface area contributed by atoms with Crippen molar-refractivity contribution in [1.82, 2.24) is 10.6 Å². The number of cyclic esters (lactones) is 1. The van der Waals surface area contributed by atoms with Gasteiger partial charge in [0.15, 0.2) is 6.23 Å². The number of hydrogen-bond acceptors (Lipinski definition) is 7. The van der Waals surface area contributed by atoms with Crippen LogP contribution in [-0.2, 0) is 37.7 Å². The maximum Gasteiger partial charge on any atom is 0.336 e. The fourth-order valence-corrected chi connectivity index (χ4v) is 2.78. The minimum Gasteiger partial charge on any atom is -0.508 e. The number of carbonyl (C=O) groups is 3. The molecule has 1 amide bonds. The SMILES string of the molecule is CC(=O)NC(C)(C)C(=O)Oc1ccc(C)cc1.CC1NC(C)(C)C(=O)O1.Cc1ccc(O)cc1.[V]. The Morgan fingerprint density at radius 2 is 1.49 bits per heavy atom. The Morgan fingerprint density at radius 1 is 1.03 bits per heavy atom. The Kier molecular flexibility index (Phi) is 12.8. The zero-order valence-electron chi connectivity index (χ0n) is 21.6. The van der Waals surface area contributed by atoms with Crippen LogP contribution in [0.25, 0.3) is 0 Å². The molecule has 0 aromatic heterocycles. The number of phenolic OH excluding ortho intramolecular Hbond substituents is 1. The number of phenols is 1. The van der Waals surface area contributed by atoms with Crippen molar-refractivity contribution in [2.75, 3.05) is 0 Å². The average Bonchev–Trinajstić information content (AvgIpc) is 2.95. The van der Waals surface area contributed by atoms with E-state index in [0.717, 1.165) is 5.56 Å². The molecule has 191 valence electrons. The molecule has 0 aliphatic carbocycles. The number of rotatable bonds is 3. The van der Waals surface area contributed by atoms with Crippen LogP contribution in [-0.4, -0.2) is 40.3 Å². The van der Waals surface area contributed by atoms with Gasteiger partial charge in [0.2, 0.25) is 5.91 Å². The number of aryl methyl sites for hydroxylation is 2. The normalized spacial score (nSPS) is 15.7. The molecule has 1 radical (unpaired) electrons. The van der Waals surface area contributed by atoms with Gasteiger partial charge in [0.25, 0.3) is 0 Å². The van der Waals surface area contributed by atoms with Crippen LogP contribution in [0.15, 0.2) is 48.5 Å². The second-order valence-electron chi connectivity index (χ2n) is 9.16. The molecule has 1 saturated heterocycles. The molecule has 0 bridgehead atoms. The van der Waals surface area contributed by atoms with Gasteiger partial charge in [-0.2, -0.15) is 0 Å². The van der Waals surface area contributed by atoms with Crippen molar-refractivity contribution in [3.8, 4) is 11.5 Å². The number of amides is 1. The van der Waals surface area contributed by atoms with Crippen LogP contribution >= 0.6 is 0 Å². The van der Waals surface area contributed by atoms with Gasteiger partial charge in [-0.1, -0.05) is 35.4 Å². The molecule has 3 N–H and O–H groups in total. The second kappa shape index (κ2) is 13.9. The Bertz CT molecular complexity index is 951. The summed E-state index contributed by atoms with van der Waals surface area (Å²) in [6.45, 7) is 13.9. The molecule has 1 heterocycles. The van der Waals surface area contributed by atoms with E-state index in [-0.39, 0.29) is 36.7 Å². The molecule has 0 spiro atoms. The third-order valence-electron chi connectivity index (χ3n) is 4.62. The van der Waals surface area contributed by atoms with Crippen LogP contribution < -0.4 is 15.4 Å². The summed E-state index contributed by atoms with van der Waals surface area (Å²) in [4.78, 5) is 33.6. The Labute approximate surface area is 219 Å². The second-order valence-corrected chi connectivity index (χ2v) is 9.16. The van der Waals surface area contributed by atoms with E-state index in [9.17, 15) is 14.4 Å². The van der Waals surface area contributed by atoms with Crippen molar-refractivity contribution < 1.29 is 47.5 Å². The van der Waals surface area contributed by atoms with Crippen LogP contribution in [0.5, 0.6) is 11.5 Å². The Balaban J connectivity index is 0.000000540. The zero-order valence-corrected chi connectivity index (χ0v) is 23.0. The van der Waals surface area contributed by atoms with Crippen molar-refractivity contribution in [1.29, 1.82) is 0 Å². The number of ether oxygens (including phenoxy) is 2. The van der Waals surface area contributed by atoms with Crippen molar-refractivity contribution >= 4 is 17.8 Å². The number of nitrogens with one attached hydrogen (secondary N) is 2. The smallest absolute Gasteiger partial charge is 0.336 e. The van der Waals surface area contributed by atoms with Crippen LogP contribution in [0.1, 0.15) is 52.7 Å². The summed E-state index contributed by atoms with van der Waals surface area (Å²) in [6, 6.07) is 14.2. The van der Waals surface area contributed by atoms with E-state index in [1.807, 2.05) is 45.0 Å². The fraction of sp³-hybridized carbons (Fsp3) is 0.423. The molecule has 2 aromatic rings. The van der Waals surface area contributed by atoms with E-state index in [1.165, 1.54) is 12.5 Å². The van der Waals surface area contributed by atoms with Crippen molar-refractivity contribution in [2.24, 2.45) is 0 Å². The summed E-state index contributed by atoms with van der Waals surface area (Å²) in [5, 5.41) is 14.3. The van der Waals surface area contributed by atoms with Gasteiger partial charge in [0.05, 0.1) is 0 Å². The van der Waals surface area contributed by atoms with Gasteiger partial charge in [0.1, 0.15) is 22.6 Å². The third-order valence-corrected chi connectivity index (χ3v) is 4.62. The van der Waals surface area contributed by atoms with E-state index >= 15 is 0 Å². The quantitative estimate of drug-likeness (QED) is 0.415. The van der Waals surface area contributed by atoms with Crippen LogP contribution in [0, 0.1) is 13.8 Å². The van der Waals surface area contributed by atoms with Gasteiger partial charge in [-0.3, -0.25) is 14.9 Å². The van der Waals surface area contributed by atoms with Gasteiger partial charge >= 0.3 is 11.9 Å². The first-order valence-electron chi connectivity index (χ1n) is 10.9. The first-order valence-corrected chi connectivity index (χ1v) is 10.9. The number of carbonyl (C=O) groups excluding carboxylic acids is 3. The monoisotopic (exact) mass is 523 g/mol. The van der Waals surface area contributed by atoms with Gasteiger partial charge < -0.3 is 19.9 Å². The van der Waals surface area contributed by atoms with E-state index < -0.39 is 17.0 Å². The van der Waals surface area contributed by atoms with Gasteiger partial charge in [-0.05, 0) is 72.7 Å². The van der Waals surface area contributed by atoms with E-state index in [1.54, 1.807) is 52.0 Å². The minimum absolute atomic E-state index is 0. The summed E-state index contributed by atoms with van der Waals surface area (Å²) >= 11 is 0. The van der Waals surface area contributed by atoms with E-state index in [4.69, 9.17) is 14.6 Å². The average molecular weight is 524 g/mol. The number of aromatic hydroxyl groups is 1. The predicted molar refractivity (Wildman–Crippen MR) is 130 cm³/mol. The molecule has 1 fully saturated rings. The first kappa shape index (κ1) is 32.2. The molecule has 9 heteroatoms. The maximum atomic E-state index is 11.8. The van der Waals surface area contributed by atoms with Crippen molar-refractivity contribution in [3.63, 3.8) is 0 Å². The van der Waals surface area contributed by atoms with Crippen molar-refractivity contribution in [3.05, 3.63) is 59.7 Å². The maximum absolute atomic E-state index is 11.8. The molecular weight excluding hydrogens is 487 g/mol. The Hall–Kier alpha value is -2.81. The molecule has 8 nitrogen and oxygen atoms in total. The third kappa shape index (κ3) is 11.9. The van der Waals surface area contributed by atoms with Gasteiger partial charge in [-0.25, -0.2) is 4.79 Å². The summed E-state index contributed by atoms with van der Waals surface area (Å²) < 4.78 is 10.0. The van der Waals surface area contributed by atoms with Gasteiger partial charge in [0, 0.05) is 25.5 Å². The molecule has 1 atom stereocenters. The number of benzene rings is 2. The molecule has 1 unspecified atom stereocenters. The minimum atomic E-state index is -1.03. The predicted octanol–water partition coefficient (Wildman–Crippen LogP) is 3.77. The fourth-order valence-electron chi connectivity index (χ4n) is 2.78. The molecule has 1 aliphatic heterocycles. The van der Waals surface area contributed by atoms with Crippen LogP contribution in [0.2, 0.25) is 0 Å². The number of hydrogen-bond donors (Lipinski definition) is 3. The van der Waals surface area contributed by atoms with Gasteiger partial charge in [-0.15, -0.1) is 0 Å². The largest absolute Gasteiger partial charge is 0.508 e. The zero-order chi connectivity index (χ0) is 26.1. The standard InChI is InChI=1S/C13H17NO3.C7H8O.C6H11NO2.V/c1-9-5-7-11(8-6-9)17-12(16)13(3,4)14-10(2)15;1-6-2-4-7(8)5-3-6;1-4-7-6(2,3)5(8)9-4;/h5-8H,1-4H3,(H,14,15);2-5,8H,1H3;4,7H,1-3H3;. The summed E-state index contributed by atoms with van der Waals surface area (Å²) in [6.07, 6.45) is -0.132. The van der Waals surface area contributed by atoms with E-state index in [2.05, 4.69) is 10.6 Å². The molecule has 35 heavy (non-hydrogen) atoms. The first-order chi connectivity index (χ1) is 15.6. The van der Waals surface area contributed by atoms with Crippen LogP contribution in [0.3, 0.4) is 0 Å². The Morgan fingerprint density at radius 3 is 1.80 bits per heavy atom. The molecule has 0 saturated carbocycles. The molecular formula is C26H36N2O6V.